The van der Waals surface area contributed by atoms with Crippen molar-refractivity contribution in [3.8, 4) is 0 Å². The Bertz CT molecular complexity index is 288. The number of carboxylic acids is 1. The molecule has 98 valence electrons. The molecular weight excluding hydrogens is 218 g/mol. The van der Waals surface area contributed by atoms with Crippen molar-refractivity contribution in [1.29, 1.82) is 0 Å². The maximum Gasteiger partial charge on any atom is 0.323 e. The molecule has 0 aromatic carbocycles. The molecule has 0 heterocycles. The second-order valence-electron chi connectivity index (χ2n) is 6.09. The zero-order chi connectivity index (χ0) is 13.1. The third-order valence-electron chi connectivity index (χ3n) is 3.07. The van der Waals surface area contributed by atoms with Crippen molar-refractivity contribution in [2.24, 2.45) is 5.41 Å². The van der Waals surface area contributed by atoms with E-state index in [0.717, 1.165) is 25.7 Å². The highest BCUT2D eigenvalue weighted by Gasteiger charge is 2.30. The Labute approximate surface area is 103 Å². The van der Waals surface area contributed by atoms with E-state index < -0.39 is 5.97 Å². The highest BCUT2D eigenvalue weighted by molar-refractivity contribution is 5.82. The Balaban J connectivity index is 2.67. The molecular formula is C13H23NO3. The summed E-state index contributed by atoms with van der Waals surface area (Å²) in [5, 5.41) is 8.90. The molecule has 1 aliphatic rings. The predicted molar refractivity (Wildman–Crippen MR) is 65.7 cm³/mol. The van der Waals surface area contributed by atoms with Crippen molar-refractivity contribution in [3.63, 3.8) is 0 Å². The van der Waals surface area contributed by atoms with Gasteiger partial charge in [0.25, 0.3) is 0 Å². The summed E-state index contributed by atoms with van der Waals surface area (Å²) in [6.45, 7) is 5.84. The van der Waals surface area contributed by atoms with E-state index >= 15 is 0 Å². The van der Waals surface area contributed by atoms with Gasteiger partial charge in [0.15, 0.2) is 0 Å². The Hall–Kier alpha value is -1.06. The predicted octanol–water partition coefficient (Wildman–Crippen LogP) is 2.28. The molecule has 17 heavy (non-hydrogen) atoms. The van der Waals surface area contributed by atoms with E-state index in [2.05, 4.69) is 0 Å². The van der Waals surface area contributed by atoms with Crippen molar-refractivity contribution in [1.82, 2.24) is 4.90 Å². The summed E-state index contributed by atoms with van der Waals surface area (Å²) in [4.78, 5) is 24.6. The minimum absolute atomic E-state index is 0.0215. The van der Waals surface area contributed by atoms with E-state index in [-0.39, 0.29) is 23.9 Å². The van der Waals surface area contributed by atoms with Crippen LogP contribution in [0.3, 0.4) is 0 Å². The van der Waals surface area contributed by atoms with Crippen molar-refractivity contribution in [3.05, 3.63) is 0 Å². The van der Waals surface area contributed by atoms with E-state index in [4.69, 9.17) is 5.11 Å². The van der Waals surface area contributed by atoms with Crippen LogP contribution in [-0.4, -0.2) is 34.5 Å². The fourth-order valence-corrected chi connectivity index (χ4v) is 2.34. The molecule has 1 rings (SSSR count). The maximum atomic E-state index is 12.1. The topological polar surface area (TPSA) is 57.6 Å². The molecule has 1 saturated carbocycles. The van der Waals surface area contributed by atoms with Gasteiger partial charge in [0.2, 0.25) is 5.91 Å². The van der Waals surface area contributed by atoms with Crippen molar-refractivity contribution in [2.45, 2.75) is 58.9 Å². The smallest absolute Gasteiger partial charge is 0.323 e. The van der Waals surface area contributed by atoms with Crippen LogP contribution in [0.15, 0.2) is 0 Å². The fourth-order valence-electron chi connectivity index (χ4n) is 2.34. The second kappa shape index (κ2) is 5.52. The SMILES string of the molecule is CC(C)(C)CC(=O)N(CC(=O)O)C1CCCC1. The van der Waals surface area contributed by atoms with Gasteiger partial charge < -0.3 is 10.0 Å². The van der Waals surface area contributed by atoms with Gasteiger partial charge >= 0.3 is 5.97 Å². The van der Waals surface area contributed by atoms with Gasteiger partial charge in [0, 0.05) is 12.5 Å². The van der Waals surface area contributed by atoms with Crippen molar-refractivity contribution >= 4 is 11.9 Å². The van der Waals surface area contributed by atoms with Crippen molar-refractivity contribution in [2.75, 3.05) is 6.54 Å². The number of carbonyl (C=O) groups excluding carboxylic acids is 1. The molecule has 1 fully saturated rings. The van der Waals surface area contributed by atoms with Gasteiger partial charge in [-0.15, -0.1) is 0 Å². The van der Waals surface area contributed by atoms with Crippen LogP contribution in [0.25, 0.3) is 0 Å². The molecule has 1 amide bonds. The lowest BCUT2D eigenvalue weighted by Crippen LogP contribution is -2.43. The highest BCUT2D eigenvalue weighted by Crippen LogP contribution is 2.26. The first-order valence-electron chi connectivity index (χ1n) is 6.31. The first-order valence-corrected chi connectivity index (χ1v) is 6.31. The third-order valence-corrected chi connectivity index (χ3v) is 3.07. The van der Waals surface area contributed by atoms with Crippen LogP contribution in [0, 0.1) is 5.41 Å². The monoisotopic (exact) mass is 241 g/mol. The van der Waals surface area contributed by atoms with Crippen LogP contribution in [0.2, 0.25) is 0 Å². The average Bonchev–Trinajstić information content (AvgIpc) is 2.63. The van der Waals surface area contributed by atoms with E-state index in [1.165, 1.54) is 0 Å². The molecule has 0 radical (unpaired) electrons. The standard InChI is InChI=1S/C13H23NO3/c1-13(2,3)8-11(15)14(9-12(16)17)10-6-4-5-7-10/h10H,4-9H2,1-3H3,(H,16,17). The zero-order valence-corrected chi connectivity index (χ0v) is 11.0. The average molecular weight is 241 g/mol. The van der Waals surface area contributed by atoms with Gasteiger partial charge in [0.1, 0.15) is 6.54 Å². The molecule has 0 aliphatic heterocycles. The molecule has 0 spiro atoms. The largest absolute Gasteiger partial charge is 0.480 e. The summed E-state index contributed by atoms with van der Waals surface area (Å²) in [5.41, 5.74) is -0.0908. The van der Waals surface area contributed by atoms with Gasteiger partial charge in [-0.25, -0.2) is 0 Å². The first-order chi connectivity index (χ1) is 7.79. The first kappa shape index (κ1) is 14.0. The minimum atomic E-state index is -0.917. The Kier molecular flexibility index (Phi) is 4.54. The lowest BCUT2D eigenvalue weighted by Gasteiger charge is -2.30. The van der Waals surface area contributed by atoms with Crippen LogP contribution >= 0.6 is 0 Å². The summed E-state index contributed by atoms with van der Waals surface area (Å²) in [7, 11) is 0. The van der Waals surface area contributed by atoms with E-state index in [1.807, 2.05) is 20.8 Å². The molecule has 0 atom stereocenters. The van der Waals surface area contributed by atoms with Gasteiger partial charge in [-0.2, -0.15) is 0 Å². The van der Waals surface area contributed by atoms with E-state index in [1.54, 1.807) is 4.90 Å². The number of carbonyl (C=O) groups is 2. The maximum absolute atomic E-state index is 12.1. The minimum Gasteiger partial charge on any atom is -0.480 e. The normalized spacial score (nSPS) is 17.1. The van der Waals surface area contributed by atoms with Crippen LogP contribution in [0.5, 0.6) is 0 Å². The van der Waals surface area contributed by atoms with Crippen LogP contribution in [-0.2, 0) is 9.59 Å². The zero-order valence-electron chi connectivity index (χ0n) is 11.0. The molecule has 1 N–H and O–H groups in total. The summed E-state index contributed by atoms with van der Waals surface area (Å²) >= 11 is 0. The van der Waals surface area contributed by atoms with Gasteiger partial charge in [-0.1, -0.05) is 33.6 Å². The lowest BCUT2D eigenvalue weighted by atomic mass is 9.91. The molecule has 0 saturated heterocycles. The van der Waals surface area contributed by atoms with Crippen LogP contribution in [0.1, 0.15) is 52.9 Å². The molecule has 0 aromatic rings. The molecule has 0 bridgehead atoms. The molecule has 1 aliphatic carbocycles. The Morgan fingerprint density at radius 2 is 1.76 bits per heavy atom. The second-order valence-corrected chi connectivity index (χ2v) is 6.09. The number of amides is 1. The Morgan fingerprint density at radius 1 is 1.24 bits per heavy atom. The number of nitrogens with zero attached hydrogens (tertiary/aromatic N) is 1. The number of hydrogen-bond donors (Lipinski definition) is 1. The highest BCUT2D eigenvalue weighted by atomic mass is 16.4. The fraction of sp³-hybridized carbons (Fsp3) is 0.846. The number of hydrogen-bond acceptors (Lipinski definition) is 2. The van der Waals surface area contributed by atoms with Gasteiger partial charge in [-0.3, -0.25) is 9.59 Å². The number of carboxylic acid groups (broad SMARTS) is 1. The molecule has 4 heteroatoms. The van der Waals surface area contributed by atoms with Gasteiger partial charge in [-0.05, 0) is 18.3 Å². The quantitative estimate of drug-likeness (QED) is 0.821. The molecule has 4 nitrogen and oxygen atoms in total. The number of rotatable bonds is 4. The summed E-state index contributed by atoms with van der Waals surface area (Å²) in [6.07, 6.45) is 4.51. The Morgan fingerprint density at radius 3 is 2.18 bits per heavy atom. The molecule has 0 aromatic heterocycles. The number of aliphatic carboxylic acids is 1. The summed E-state index contributed by atoms with van der Waals surface area (Å²) < 4.78 is 0. The third kappa shape index (κ3) is 4.75. The lowest BCUT2D eigenvalue weighted by molar-refractivity contribution is -0.147. The summed E-state index contributed by atoms with van der Waals surface area (Å²) in [5.74, 6) is -0.939. The van der Waals surface area contributed by atoms with Crippen LogP contribution < -0.4 is 0 Å². The van der Waals surface area contributed by atoms with Crippen molar-refractivity contribution < 1.29 is 14.7 Å². The summed E-state index contributed by atoms with van der Waals surface area (Å²) in [6, 6.07) is 0.140. The van der Waals surface area contributed by atoms with Gasteiger partial charge in [0.05, 0.1) is 0 Å². The van der Waals surface area contributed by atoms with E-state index in [0.29, 0.717) is 6.42 Å². The van der Waals surface area contributed by atoms with Crippen LogP contribution in [0.4, 0.5) is 0 Å². The van der Waals surface area contributed by atoms with E-state index in [9.17, 15) is 9.59 Å². The molecule has 0 unspecified atom stereocenters.